The van der Waals surface area contributed by atoms with E-state index in [1.165, 1.54) is 114 Å². The van der Waals surface area contributed by atoms with Gasteiger partial charge in [-0.05, 0) is 182 Å². The molecule has 2 aliphatic carbocycles. The first-order valence-electron chi connectivity index (χ1n) is 30.9. The van der Waals surface area contributed by atoms with Gasteiger partial charge in [-0.1, -0.05) is 204 Å². The Hall–Kier alpha value is -7.76. The van der Waals surface area contributed by atoms with E-state index in [2.05, 4.69) is 280 Å². The Labute approximate surface area is 493 Å². The lowest BCUT2D eigenvalue weighted by molar-refractivity contribution is 0.195. The zero-order valence-electron chi connectivity index (χ0n) is 50.9. The van der Waals surface area contributed by atoms with Crippen LogP contribution in [-0.2, 0) is 27.1 Å². The van der Waals surface area contributed by atoms with E-state index < -0.39 is 0 Å². The predicted octanol–water partition coefficient (Wildman–Crippen LogP) is 19.7. The molecule has 5 heteroatoms. The van der Waals surface area contributed by atoms with Crippen molar-refractivity contribution in [1.29, 1.82) is 0 Å². The summed E-state index contributed by atoms with van der Waals surface area (Å²) in [4.78, 5) is 8.19. The molecule has 1 aromatic heterocycles. The minimum absolute atomic E-state index is 0.00269. The third-order valence-electron chi connectivity index (χ3n) is 21.2. The monoisotopic (exact) mass is 1080 g/mol. The van der Waals surface area contributed by atoms with Gasteiger partial charge in [-0.2, -0.15) is 0 Å². The van der Waals surface area contributed by atoms with Crippen molar-refractivity contribution in [1.82, 2.24) is 0 Å². The molecular weight excluding hydrogens is 1010 g/mol. The number of benzene rings is 9. The van der Waals surface area contributed by atoms with Gasteiger partial charge in [0.2, 0.25) is 0 Å². The minimum atomic E-state index is -0.139. The van der Waals surface area contributed by atoms with Gasteiger partial charge in [0.05, 0.1) is 22.3 Å². The maximum Gasteiger partial charge on any atom is 0.252 e. The van der Waals surface area contributed by atoms with Crippen LogP contribution in [0.1, 0.15) is 149 Å². The highest BCUT2D eigenvalue weighted by molar-refractivity contribution is 7.00. The summed E-state index contributed by atoms with van der Waals surface area (Å²) >= 11 is 0. The smallest absolute Gasteiger partial charge is 0.252 e. The predicted molar refractivity (Wildman–Crippen MR) is 354 cm³/mol. The van der Waals surface area contributed by atoms with E-state index in [0.29, 0.717) is 0 Å². The number of anilines is 8. The van der Waals surface area contributed by atoms with Crippen molar-refractivity contribution in [3.8, 4) is 22.3 Å². The van der Waals surface area contributed by atoms with Crippen molar-refractivity contribution in [3.05, 3.63) is 210 Å². The second kappa shape index (κ2) is 17.9. The summed E-state index contributed by atoms with van der Waals surface area (Å²) in [6.45, 7) is 29.3. The van der Waals surface area contributed by atoms with Crippen LogP contribution in [0.25, 0.3) is 44.2 Å². The largest absolute Gasteiger partial charge is 0.456 e. The molecule has 83 heavy (non-hydrogen) atoms. The molecule has 0 amide bonds. The van der Waals surface area contributed by atoms with Gasteiger partial charge in [-0.15, -0.1) is 0 Å². The lowest BCUT2D eigenvalue weighted by Gasteiger charge is -2.53. The third-order valence-corrected chi connectivity index (χ3v) is 21.2. The lowest BCUT2D eigenvalue weighted by Crippen LogP contribution is -2.64. The molecule has 2 atom stereocenters. The molecule has 0 spiro atoms. The summed E-state index contributed by atoms with van der Waals surface area (Å²) in [5.41, 5.74) is 27.6. The van der Waals surface area contributed by atoms with Crippen LogP contribution in [0.3, 0.4) is 0 Å². The first-order valence-corrected chi connectivity index (χ1v) is 30.9. The van der Waals surface area contributed by atoms with Crippen LogP contribution in [-0.4, -0.2) is 12.3 Å². The third kappa shape index (κ3) is 7.64. The maximum atomic E-state index is 6.71. The zero-order chi connectivity index (χ0) is 57.3. The molecule has 4 nitrogen and oxygen atoms in total. The van der Waals surface area contributed by atoms with Crippen LogP contribution in [0.15, 0.2) is 186 Å². The number of furan rings is 1. The molecular formula is C78H78BN3O. The zero-order valence-corrected chi connectivity index (χ0v) is 50.9. The topological polar surface area (TPSA) is 22.9 Å². The molecule has 0 radical (unpaired) electrons. The minimum Gasteiger partial charge on any atom is -0.456 e. The van der Waals surface area contributed by atoms with Crippen molar-refractivity contribution < 1.29 is 4.42 Å². The van der Waals surface area contributed by atoms with Gasteiger partial charge in [0, 0.05) is 50.5 Å². The quantitative estimate of drug-likeness (QED) is 0.155. The van der Waals surface area contributed by atoms with E-state index in [1.54, 1.807) is 0 Å². The number of para-hydroxylation sites is 1. The van der Waals surface area contributed by atoms with Gasteiger partial charge in [0.15, 0.2) is 0 Å². The first-order chi connectivity index (χ1) is 39.6. The van der Waals surface area contributed by atoms with Crippen LogP contribution in [0.2, 0.25) is 0 Å². The lowest BCUT2D eigenvalue weighted by atomic mass is 9.33. The summed E-state index contributed by atoms with van der Waals surface area (Å²) in [7, 11) is 0. The van der Waals surface area contributed by atoms with Crippen LogP contribution in [0.5, 0.6) is 0 Å². The Balaban J connectivity index is 1.10. The number of fused-ring (bicyclic) bond motifs is 11. The molecule has 0 N–H and O–H groups in total. The number of hydrogen-bond donors (Lipinski definition) is 0. The molecule has 15 rings (SSSR count). The summed E-state index contributed by atoms with van der Waals surface area (Å²) in [6.07, 6.45) is 7.04. The van der Waals surface area contributed by atoms with E-state index >= 15 is 0 Å². The second-order valence-electron chi connectivity index (χ2n) is 29.1. The fourth-order valence-corrected chi connectivity index (χ4v) is 16.1. The normalized spacial score (nSPS) is 20.0. The molecule has 9 aromatic carbocycles. The maximum absolute atomic E-state index is 6.71. The Kier molecular flexibility index (Phi) is 11.2. The summed E-state index contributed by atoms with van der Waals surface area (Å²) in [6, 6.07) is 70.3. The first kappa shape index (κ1) is 52.1. The van der Waals surface area contributed by atoms with Gasteiger partial charge in [0.25, 0.3) is 6.71 Å². The molecule has 4 heterocycles. The van der Waals surface area contributed by atoms with Crippen molar-refractivity contribution in [2.75, 3.05) is 14.7 Å². The number of nitrogens with zero attached hydrogens (tertiary/aromatic N) is 3. The van der Waals surface area contributed by atoms with Crippen molar-refractivity contribution >= 4 is 90.5 Å². The van der Waals surface area contributed by atoms with E-state index in [1.807, 2.05) is 0 Å². The average Bonchev–Trinajstić information content (AvgIpc) is 1.60. The Morgan fingerprint density at radius 3 is 1.81 bits per heavy atom. The molecule has 10 aromatic rings. The van der Waals surface area contributed by atoms with Crippen molar-refractivity contribution in [3.63, 3.8) is 0 Å². The standard InChI is InChI=1S/C78H78BN3O/c1-73(2,3)52-32-34-54(35-33-52)80(63-29-23-31-69-70(63)56-28-19-20-30-68(56)83-69)55-36-37-61-65(46-55)81(64-48-59-58(75(7,8)40-41-76(59,9)10)47-57(64)50-26-17-14-18-27-50)66-42-51(49-24-15-13-16-25-49)43-67-71(66)79(61)62-45-53(74(4,5)6)44-60-72(62)82(67)78(12)39-22-21-38-77(60,78)11/h13-20,23-37,42-48H,21-22,38-41H2,1-12H3. The summed E-state index contributed by atoms with van der Waals surface area (Å²) in [5, 5.41) is 2.22. The van der Waals surface area contributed by atoms with Crippen molar-refractivity contribution in [2.45, 2.75) is 154 Å². The fraction of sp³-hybridized carbons (Fsp3) is 0.308. The summed E-state index contributed by atoms with van der Waals surface area (Å²) in [5.74, 6) is 0. The van der Waals surface area contributed by atoms with Gasteiger partial charge in [-0.25, -0.2) is 0 Å². The fourth-order valence-electron chi connectivity index (χ4n) is 16.1. The van der Waals surface area contributed by atoms with E-state index in [0.717, 1.165) is 58.3 Å². The van der Waals surface area contributed by atoms with E-state index in [-0.39, 0.29) is 39.3 Å². The van der Waals surface area contributed by atoms with Crippen molar-refractivity contribution in [2.24, 2.45) is 0 Å². The van der Waals surface area contributed by atoms with Crippen LogP contribution in [0.4, 0.5) is 45.5 Å². The molecule has 3 aliphatic heterocycles. The number of hydrogen-bond acceptors (Lipinski definition) is 4. The van der Waals surface area contributed by atoms with Crippen LogP contribution < -0.4 is 31.1 Å². The SMILES string of the molecule is CC(C)(C)c1ccc(N(c2ccc3c(c2)N(c2cc4c(cc2-c2ccccc2)C(C)(C)CCC4(C)C)c2cc(-c4ccccc4)cc4c2B3c2cc(C(C)(C)C)cc3c2N4C2(C)CCCCC32C)c2cccc3oc4ccccc4c23)cc1. The average molecular weight is 1080 g/mol. The number of rotatable bonds is 6. The van der Waals surface area contributed by atoms with E-state index in [4.69, 9.17) is 4.42 Å². The summed E-state index contributed by atoms with van der Waals surface area (Å²) < 4.78 is 6.71. The van der Waals surface area contributed by atoms with Crippen LogP contribution in [0, 0.1) is 0 Å². The highest BCUT2D eigenvalue weighted by Gasteiger charge is 2.62. The second-order valence-corrected chi connectivity index (χ2v) is 29.1. The Morgan fingerprint density at radius 1 is 0.470 bits per heavy atom. The van der Waals surface area contributed by atoms with Gasteiger partial charge < -0.3 is 19.1 Å². The molecule has 414 valence electrons. The molecule has 0 bridgehead atoms. The molecule has 5 aliphatic rings. The van der Waals surface area contributed by atoms with Gasteiger partial charge in [-0.3, -0.25) is 0 Å². The highest BCUT2D eigenvalue weighted by atomic mass is 16.3. The van der Waals surface area contributed by atoms with E-state index in [9.17, 15) is 0 Å². The van der Waals surface area contributed by atoms with Crippen LogP contribution >= 0.6 is 0 Å². The van der Waals surface area contributed by atoms with Gasteiger partial charge >= 0.3 is 0 Å². The Morgan fingerprint density at radius 2 is 1.10 bits per heavy atom. The molecule has 0 saturated heterocycles. The molecule has 2 unspecified atom stereocenters. The molecule has 1 saturated carbocycles. The van der Waals surface area contributed by atoms with Gasteiger partial charge in [0.1, 0.15) is 11.2 Å². The highest BCUT2D eigenvalue weighted by Crippen LogP contribution is 2.63. The Bertz CT molecular complexity index is 4290. The molecule has 1 fully saturated rings.